The summed E-state index contributed by atoms with van der Waals surface area (Å²) in [6.07, 6.45) is -1.15. The van der Waals surface area contributed by atoms with Gasteiger partial charge in [0.05, 0.1) is 19.9 Å². The van der Waals surface area contributed by atoms with Crippen LogP contribution in [0.15, 0.2) is 0 Å². The molecule has 0 aromatic heterocycles. The monoisotopic (exact) mass is 293 g/mol. The van der Waals surface area contributed by atoms with Crippen molar-refractivity contribution in [2.24, 2.45) is 0 Å². The molecule has 0 spiro atoms. The molecule has 1 aliphatic rings. The van der Waals surface area contributed by atoms with Gasteiger partial charge < -0.3 is 0 Å². The lowest BCUT2D eigenvalue weighted by atomic mass is 9.83. The van der Waals surface area contributed by atoms with Gasteiger partial charge in [-0.2, -0.15) is 0 Å². The van der Waals surface area contributed by atoms with Crippen molar-refractivity contribution in [2.75, 3.05) is 7.05 Å². The first-order chi connectivity index (χ1) is 9.16. The molecule has 1 rings (SSSR count). The summed E-state index contributed by atoms with van der Waals surface area (Å²) in [5, 5.41) is 42.6. The first-order valence-electron chi connectivity index (χ1n) is 5.44. The third-order valence-electron chi connectivity index (χ3n) is 3.34. The molecule has 0 heterocycles. The van der Waals surface area contributed by atoms with Gasteiger partial charge in [0.2, 0.25) is 12.1 Å². The van der Waals surface area contributed by atoms with Crippen molar-refractivity contribution < 1.29 is 19.8 Å². The zero-order chi connectivity index (χ0) is 15.6. The summed E-state index contributed by atoms with van der Waals surface area (Å²) in [6, 6.07) is -6.58. The van der Waals surface area contributed by atoms with Crippen molar-refractivity contribution >= 4 is 0 Å². The Morgan fingerprint density at radius 1 is 0.850 bits per heavy atom. The van der Waals surface area contributed by atoms with Gasteiger partial charge >= 0.3 is 0 Å². The minimum Gasteiger partial charge on any atom is -0.264 e. The summed E-state index contributed by atoms with van der Waals surface area (Å²) < 4.78 is 0. The lowest BCUT2D eigenvalue weighted by Crippen LogP contribution is -2.61. The summed E-state index contributed by atoms with van der Waals surface area (Å²) in [5.41, 5.74) is 0. The van der Waals surface area contributed by atoms with Crippen LogP contribution in [0.5, 0.6) is 0 Å². The van der Waals surface area contributed by atoms with Crippen molar-refractivity contribution in [3.05, 3.63) is 40.5 Å². The lowest BCUT2D eigenvalue weighted by molar-refractivity contribution is -0.697. The fourth-order valence-corrected chi connectivity index (χ4v) is 2.39. The average Bonchev–Trinajstić information content (AvgIpc) is 2.35. The van der Waals surface area contributed by atoms with Crippen LogP contribution in [-0.2, 0) is 0 Å². The molecule has 1 aliphatic carbocycles. The van der Waals surface area contributed by atoms with Crippen LogP contribution >= 0.6 is 0 Å². The van der Waals surface area contributed by atoms with E-state index < -0.39 is 56.8 Å². The topological polar surface area (TPSA) is 176 Å². The molecule has 13 nitrogen and oxygen atoms in total. The van der Waals surface area contributed by atoms with Crippen LogP contribution in [0.4, 0.5) is 0 Å². The van der Waals surface area contributed by atoms with E-state index in [0.717, 1.165) is 7.05 Å². The number of rotatable bonds is 5. The minimum absolute atomic E-state index is 0.289. The number of hydrogen-bond acceptors (Lipinski definition) is 8. The van der Waals surface area contributed by atoms with Crippen molar-refractivity contribution in [2.45, 2.75) is 37.0 Å². The molecule has 0 radical (unpaired) electrons. The molecule has 112 valence electrons. The highest BCUT2D eigenvalue weighted by molar-refractivity contribution is 4.91. The van der Waals surface area contributed by atoms with Crippen LogP contribution < -0.4 is 0 Å². The van der Waals surface area contributed by atoms with Gasteiger partial charge in [0, 0.05) is 14.8 Å². The molecule has 13 heteroatoms. The maximum Gasteiger partial charge on any atom is 0.252 e. The van der Waals surface area contributed by atoms with Crippen LogP contribution in [0.3, 0.4) is 0 Å². The third kappa shape index (κ3) is 2.86. The standard InChI is InChI=1S/C7H11N5O8/c1-8(12(19)20)7-5(10(15)16)2-4(9(13)14)3-6(7)11(17)18/h4-7H,2-3H2,1H3. The fraction of sp³-hybridized carbons (Fsp3) is 1.00. The van der Waals surface area contributed by atoms with Crippen molar-refractivity contribution in [3.63, 3.8) is 0 Å². The summed E-state index contributed by atoms with van der Waals surface area (Å²) >= 11 is 0. The average molecular weight is 293 g/mol. The smallest absolute Gasteiger partial charge is 0.252 e. The largest absolute Gasteiger partial charge is 0.264 e. The van der Waals surface area contributed by atoms with E-state index in [1.54, 1.807) is 0 Å². The maximum absolute atomic E-state index is 10.9. The molecule has 0 amide bonds. The number of hydrogen-bond donors (Lipinski definition) is 0. The number of hydrazine groups is 1. The van der Waals surface area contributed by atoms with Crippen LogP contribution in [0.25, 0.3) is 0 Å². The molecule has 0 N–H and O–H groups in total. The van der Waals surface area contributed by atoms with Gasteiger partial charge in [-0.1, -0.05) is 0 Å². The fourth-order valence-electron chi connectivity index (χ4n) is 2.39. The van der Waals surface area contributed by atoms with Crippen molar-refractivity contribution in [3.8, 4) is 0 Å². The predicted octanol–water partition coefficient (Wildman–Crippen LogP) is -0.792. The summed E-state index contributed by atoms with van der Waals surface area (Å²) in [7, 11) is 0.879. The number of likely N-dealkylation sites (N-methyl/N-ethyl adjacent to an activating group) is 1. The van der Waals surface area contributed by atoms with Gasteiger partial charge in [-0.3, -0.25) is 30.3 Å². The Morgan fingerprint density at radius 3 is 1.50 bits per heavy atom. The Hall–Kier alpha value is -2.60. The highest BCUT2D eigenvalue weighted by atomic mass is 16.7. The van der Waals surface area contributed by atoms with E-state index in [-0.39, 0.29) is 5.01 Å². The molecule has 1 fully saturated rings. The molecule has 0 bridgehead atoms. The number of nitro groups is 4. The Labute approximate surface area is 110 Å². The Morgan fingerprint density at radius 2 is 1.25 bits per heavy atom. The number of nitrogens with zero attached hydrogens (tertiary/aromatic N) is 5. The van der Waals surface area contributed by atoms with E-state index >= 15 is 0 Å². The van der Waals surface area contributed by atoms with Gasteiger partial charge in [0.1, 0.15) is 0 Å². The highest BCUT2D eigenvalue weighted by Crippen LogP contribution is 2.28. The van der Waals surface area contributed by atoms with E-state index in [2.05, 4.69) is 0 Å². The van der Waals surface area contributed by atoms with Crippen LogP contribution in [0.1, 0.15) is 12.8 Å². The van der Waals surface area contributed by atoms with Crippen molar-refractivity contribution in [1.29, 1.82) is 0 Å². The molecule has 2 atom stereocenters. The normalized spacial score (nSPS) is 29.4. The van der Waals surface area contributed by atoms with Crippen molar-refractivity contribution in [1.82, 2.24) is 5.01 Å². The van der Waals surface area contributed by atoms with Crippen LogP contribution in [-0.4, -0.2) is 56.0 Å². The Bertz CT molecular complexity index is 430. The van der Waals surface area contributed by atoms with Gasteiger partial charge in [-0.25, -0.2) is 10.1 Å². The van der Waals surface area contributed by atoms with E-state index in [1.807, 2.05) is 0 Å². The first-order valence-corrected chi connectivity index (χ1v) is 5.44. The second kappa shape index (κ2) is 5.58. The zero-order valence-corrected chi connectivity index (χ0v) is 10.2. The van der Waals surface area contributed by atoms with Gasteiger partial charge in [0.15, 0.2) is 5.03 Å². The molecule has 0 saturated heterocycles. The molecule has 2 unspecified atom stereocenters. The Balaban J connectivity index is 3.19. The molecule has 0 aromatic carbocycles. The Kier molecular flexibility index (Phi) is 4.31. The molecular formula is C7H11N5O8. The lowest BCUT2D eigenvalue weighted by Gasteiger charge is -2.30. The van der Waals surface area contributed by atoms with E-state index in [9.17, 15) is 40.5 Å². The molecular weight excluding hydrogens is 282 g/mol. The summed E-state index contributed by atoms with van der Waals surface area (Å²) in [5.74, 6) is 0. The maximum atomic E-state index is 10.9. The summed E-state index contributed by atoms with van der Waals surface area (Å²) in [4.78, 5) is 40.6. The van der Waals surface area contributed by atoms with E-state index in [4.69, 9.17) is 0 Å². The molecule has 0 aliphatic heterocycles. The minimum atomic E-state index is -1.75. The molecule has 20 heavy (non-hydrogen) atoms. The predicted molar refractivity (Wildman–Crippen MR) is 60.1 cm³/mol. The van der Waals surface area contributed by atoms with Crippen LogP contribution in [0.2, 0.25) is 0 Å². The zero-order valence-electron chi connectivity index (χ0n) is 10.2. The van der Waals surface area contributed by atoms with Gasteiger partial charge in [-0.05, 0) is 0 Å². The highest BCUT2D eigenvalue weighted by Gasteiger charge is 2.58. The quantitative estimate of drug-likeness (QED) is 0.464. The van der Waals surface area contributed by atoms with Crippen LogP contribution in [0, 0.1) is 40.5 Å². The first kappa shape index (κ1) is 15.5. The van der Waals surface area contributed by atoms with E-state index in [1.165, 1.54) is 0 Å². The molecule has 0 aromatic rings. The van der Waals surface area contributed by atoms with E-state index in [0.29, 0.717) is 0 Å². The second-order valence-corrected chi connectivity index (χ2v) is 4.42. The van der Waals surface area contributed by atoms with Gasteiger partial charge in [-0.15, -0.1) is 5.01 Å². The molecule has 1 saturated carbocycles. The second-order valence-electron chi connectivity index (χ2n) is 4.42. The summed E-state index contributed by atoms with van der Waals surface area (Å²) in [6.45, 7) is 0. The third-order valence-corrected chi connectivity index (χ3v) is 3.34. The SMILES string of the molecule is CN(C1C([N+](=O)[O-])CC([N+](=O)[O-])CC1[N+](=O)[O-])[N+](=O)[O-]. The van der Waals surface area contributed by atoms with Gasteiger partial charge in [0.25, 0.3) is 12.1 Å².